The van der Waals surface area contributed by atoms with Crippen molar-refractivity contribution in [1.82, 2.24) is 0 Å². The molecule has 0 saturated heterocycles. The van der Waals surface area contributed by atoms with E-state index in [0.29, 0.717) is 13.0 Å². The van der Waals surface area contributed by atoms with Crippen LogP contribution in [0, 0.1) is 11.8 Å². The molecule has 0 radical (unpaired) electrons. The summed E-state index contributed by atoms with van der Waals surface area (Å²) in [6.07, 6.45) is 0.532. The third kappa shape index (κ3) is 5.18. The van der Waals surface area contributed by atoms with Crippen molar-refractivity contribution in [3.8, 4) is 17.6 Å². The van der Waals surface area contributed by atoms with Gasteiger partial charge in [0, 0.05) is 23.4 Å². The Hall–Kier alpha value is -3.45. The van der Waals surface area contributed by atoms with Gasteiger partial charge < -0.3 is 4.43 Å². The summed E-state index contributed by atoms with van der Waals surface area (Å²) in [7, 11) is -2.67. The molecule has 3 aromatic carbocycles. The summed E-state index contributed by atoms with van der Waals surface area (Å²) >= 11 is 0. The van der Waals surface area contributed by atoms with Crippen molar-refractivity contribution in [2.45, 2.75) is 32.2 Å². The Morgan fingerprint density at radius 1 is 0.903 bits per heavy atom. The summed E-state index contributed by atoms with van der Waals surface area (Å²) in [5, 5.41) is 5.89. The van der Waals surface area contributed by atoms with E-state index in [9.17, 15) is 0 Å². The molecule has 0 aromatic heterocycles. The first kappa shape index (κ1) is 22.2. The van der Waals surface area contributed by atoms with Gasteiger partial charge in [0.05, 0.1) is 0 Å². The molecule has 156 valence electrons. The van der Waals surface area contributed by atoms with Gasteiger partial charge in [0.15, 0.2) is 0 Å². The number of hydrogen-bond donors (Lipinski definition) is 0. The third-order valence-electron chi connectivity index (χ3n) is 5.15. The Balaban J connectivity index is 2.06. The zero-order valence-electron chi connectivity index (χ0n) is 18.2. The van der Waals surface area contributed by atoms with Gasteiger partial charge in [0.25, 0.3) is 0 Å². The van der Waals surface area contributed by atoms with Crippen molar-refractivity contribution < 1.29 is 4.43 Å². The van der Waals surface area contributed by atoms with Crippen molar-refractivity contribution in [2.75, 3.05) is 6.54 Å². The van der Waals surface area contributed by atoms with Crippen LogP contribution in [0.25, 0.3) is 10.4 Å². The van der Waals surface area contributed by atoms with E-state index in [1.165, 1.54) is 10.4 Å². The van der Waals surface area contributed by atoms with E-state index < -0.39 is 8.32 Å². The fraction of sp³-hybridized carbons (Fsp3) is 0.231. The maximum absolute atomic E-state index is 8.38. The predicted octanol–water partition coefficient (Wildman–Crippen LogP) is 5.68. The summed E-state index contributed by atoms with van der Waals surface area (Å²) in [6.45, 7) is 7.16. The van der Waals surface area contributed by atoms with Crippen LogP contribution in [0.5, 0.6) is 5.75 Å². The quantitative estimate of drug-likeness (QED) is 0.125. The molecule has 3 aromatic rings. The minimum Gasteiger partial charge on any atom is -0.534 e. The second kappa shape index (κ2) is 10.0. The van der Waals surface area contributed by atoms with Crippen molar-refractivity contribution in [3.63, 3.8) is 0 Å². The molecule has 0 unspecified atom stereocenters. The minimum absolute atomic E-state index is 0.104. The predicted molar refractivity (Wildman–Crippen MR) is 130 cm³/mol. The van der Waals surface area contributed by atoms with Crippen molar-refractivity contribution in [3.05, 3.63) is 101 Å². The van der Waals surface area contributed by atoms with Gasteiger partial charge in [-0.3, -0.25) is 0 Å². The molecule has 3 rings (SSSR count). The summed E-state index contributed by atoms with van der Waals surface area (Å²) in [6, 6.07) is 29.1. The fourth-order valence-electron chi connectivity index (χ4n) is 3.78. The topological polar surface area (TPSA) is 58.0 Å². The highest BCUT2D eigenvalue weighted by Crippen LogP contribution is 2.37. The van der Waals surface area contributed by atoms with Gasteiger partial charge in [0.2, 0.25) is 0 Å². The Morgan fingerprint density at radius 2 is 1.52 bits per heavy atom. The molecule has 0 amide bonds. The van der Waals surface area contributed by atoms with E-state index in [1.807, 2.05) is 36.4 Å². The van der Waals surface area contributed by atoms with Crippen LogP contribution in [0.15, 0.2) is 90.0 Å². The molecule has 0 fully saturated rings. The highest BCUT2D eigenvalue weighted by atomic mass is 28.4. The van der Waals surface area contributed by atoms with Gasteiger partial charge in [-0.15, -0.1) is 0 Å². The molecule has 0 aliphatic heterocycles. The molecule has 0 heterocycles. The lowest BCUT2D eigenvalue weighted by Crippen LogP contribution is -2.68. The van der Waals surface area contributed by atoms with E-state index in [-0.39, 0.29) is 5.04 Å². The molecule has 4 nitrogen and oxygen atoms in total. The number of rotatable bonds is 6. The lowest BCUT2D eigenvalue weighted by Gasteiger charge is -2.43. The molecular weight excluding hydrogens is 398 g/mol. The first-order valence-electron chi connectivity index (χ1n) is 10.4. The van der Waals surface area contributed by atoms with E-state index in [0.717, 1.165) is 11.3 Å². The van der Waals surface area contributed by atoms with Gasteiger partial charge >= 0.3 is 8.32 Å². The van der Waals surface area contributed by atoms with Crippen LogP contribution >= 0.6 is 0 Å². The lowest BCUT2D eigenvalue weighted by atomic mass is 10.2. The first-order valence-corrected chi connectivity index (χ1v) is 12.3. The fourth-order valence-corrected chi connectivity index (χ4v) is 8.19. The Labute approximate surface area is 185 Å². The maximum atomic E-state index is 8.38. The third-order valence-corrected chi connectivity index (χ3v) is 10.1. The molecule has 0 aliphatic rings. The monoisotopic (exact) mass is 425 g/mol. The molecule has 31 heavy (non-hydrogen) atoms. The molecule has 0 saturated carbocycles. The Bertz CT molecular complexity index is 1070. The van der Waals surface area contributed by atoms with Crippen molar-refractivity contribution >= 4 is 18.7 Å². The Morgan fingerprint density at radius 3 is 2.06 bits per heavy atom. The van der Waals surface area contributed by atoms with Gasteiger partial charge in [-0.1, -0.05) is 104 Å². The number of azide groups is 1. The van der Waals surface area contributed by atoms with Gasteiger partial charge in [-0.2, -0.15) is 0 Å². The standard InChI is InChI=1S/C26H27N3OSi/c1-26(2,3)31(24-16-6-4-7-17-24,25-18-8-5-9-19-25)30-23-15-12-14-22(21-23)13-10-11-20-28-29-27/h4-9,12,14-19,21H,11,20H2,1-3H3. The van der Waals surface area contributed by atoms with E-state index in [2.05, 4.69) is 91.2 Å². The SMILES string of the molecule is CC(C)(C)[Si](Oc1cccc(C#CCCN=[N+]=[N-])c1)(c1ccccc1)c1ccccc1. The zero-order chi connectivity index (χ0) is 22.2. The second-order valence-corrected chi connectivity index (χ2v) is 12.5. The summed E-state index contributed by atoms with van der Waals surface area (Å²) in [5.74, 6) is 7.03. The van der Waals surface area contributed by atoms with E-state index in [1.54, 1.807) is 0 Å². The second-order valence-electron chi connectivity index (χ2n) is 8.30. The van der Waals surface area contributed by atoms with E-state index >= 15 is 0 Å². The van der Waals surface area contributed by atoms with Gasteiger partial charge in [0.1, 0.15) is 5.75 Å². The highest BCUT2D eigenvalue weighted by molar-refractivity contribution is 7.00. The normalized spacial score (nSPS) is 11.1. The number of hydrogen-bond acceptors (Lipinski definition) is 2. The van der Waals surface area contributed by atoms with E-state index in [4.69, 9.17) is 9.96 Å². The smallest absolute Gasteiger partial charge is 0.319 e. The highest BCUT2D eigenvalue weighted by Gasteiger charge is 2.52. The molecule has 0 aliphatic carbocycles. The number of benzene rings is 3. The van der Waals surface area contributed by atoms with Crippen LogP contribution in [0.2, 0.25) is 5.04 Å². The van der Waals surface area contributed by atoms with Gasteiger partial charge in [-0.25, -0.2) is 0 Å². The maximum Gasteiger partial charge on any atom is 0.319 e. The van der Waals surface area contributed by atoms with Crippen LogP contribution in [-0.4, -0.2) is 14.9 Å². The molecule has 0 bridgehead atoms. The molecule has 0 atom stereocenters. The van der Waals surface area contributed by atoms with Gasteiger partial charge in [-0.05, 0) is 39.1 Å². The summed E-state index contributed by atoms with van der Waals surface area (Å²) in [5.41, 5.74) is 9.26. The summed E-state index contributed by atoms with van der Waals surface area (Å²) in [4.78, 5) is 2.76. The van der Waals surface area contributed by atoms with Crippen LogP contribution in [0.1, 0.15) is 32.8 Å². The van der Waals surface area contributed by atoms with Crippen LogP contribution < -0.4 is 14.8 Å². The Kier molecular flexibility index (Phi) is 7.20. The average molecular weight is 426 g/mol. The minimum atomic E-state index is -2.67. The average Bonchev–Trinajstić information content (AvgIpc) is 2.78. The summed E-state index contributed by atoms with van der Waals surface area (Å²) < 4.78 is 7.03. The zero-order valence-corrected chi connectivity index (χ0v) is 19.2. The van der Waals surface area contributed by atoms with Crippen LogP contribution in [-0.2, 0) is 0 Å². The van der Waals surface area contributed by atoms with Crippen LogP contribution in [0.4, 0.5) is 0 Å². The molecule has 5 heteroatoms. The van der Waals surface area contributed by atoms with Crippen LogP contribution in [0.3, 0.4) is 0 Å². The van der Waals surface area contributed by atoms with Crippen molar-refractivity contribution in [1.29, 1.82) is 0 Å². The first-order chi connectivity index (χ1) is 15.0. The number of nitrogens with zero attached hydrogens (tertiary/aromatic N) is 3. The van der Waals surface area contributed by atoms with Crippen molar-refractivity contribution in [2.24, 2.45) is 5.11 Å². The molecular formula is C26H27N3OSi. The molecule has 0 spiro atoms. The molecule has 0 N–H and O–H groups in total. The lowest BCUT2D eigenvalue weighted by molar-refractivity contribution is 0.508. The largest absolute Gasteiger partial charge is 0.534 e.